The van der Waals surface area contributed by atoms with E-state index in [0.29, 0.717) is 17.3 Å². The first-order valence-corrected chi connectivity index (χ1v) is 11.4. The van der Waals surface area contributed by atoms with Gasteiger partial charge in [0.2, 0.25) is 0 Å². The molecule has 4 aliphatic carbocycles. The van der Waals surface area contributed by atoms with Crippen molar-refractivity contribution in [1.82, 2.24) is 9.78 Å². The van der Waals surface area contributed by atoms with Crippen molar-refractivity contribution < 1.29 is 10.2 Å². The van der Waals surface area contributed by atoms with Crippen molar-refractivity contribution in [1.29, 1.82) is 0 Å². The van der Waals surface area contributed by atoms with Gasteiger partial charge < -0.3 is 10.2 Å². The van der Waals surface area contributed by atoms with E-state index in [1.54, 1.807) is 0 Å². The number of hydrogen-bond donors (Lipinski definition) is 2. The van der Waals surface area contributed by atoms with Crippen LogP contribution in [0.5, 0.6) is 0 Å². The van der Waals surface area contributed by atoms with Crippen LogP contribution in [0.1, 0.15) is 70.8 Å². The lowest BCUT2D eigenvalue weighted by molar-refractivity contribution is -0.133. The number of hydrogen-bond acceptors (Lipinski definition) is 3. The van der Waals surface area contributed by atoms with E-state index in [2.05, 4.69) is 25.0 Å². The molecule has 2 N–H and O–H groups in total. The highest BCUT2D eigenvalue weighted by Gasteiger charge is 2.61. The predicted octanol–water partition coefficient (Wildman–Crippen LogP) is 4.18. The van der Waals surface area contributed by atoms with Gasteiger partial charge in [0.05, 0.1) is 18.4 Å². The van der Waals surface area contributed by atoms with Crippen molar-refractivity contribution in [3.63, 3.8) is 0 Å². The molecular weight excluding hydrogens is 348 g/mol. The Morgan fingerprint density at radius 3 is 2.61 bits per heavy atom. The molecule has 4 heteroatoms. The van der Waals surface area contributed by atoms with Gasteiger partial charge in [-0.1, -0.05) is 19.9 Å². The minimum absolute atomic E-state index is 0.0204. The fourth-order valence-electron chi connectivity index (χ4n) is 7.96. The first-order valence-electron chi connectivity index (χ1n) is 11.4. The smallest absolute Gasteiger partial charge is 0.0809 e. The van der Waals surface area contributed by atoms with Gasteiger partial charge in [0.1, 0.15) is 0 Å². The Morgan fingerprint density at radius 1 is 1.07 bits per heavy atom. The van der Waals surface area contributed by atoms with Crippen LogP contribution in [0.25, 0.3) is 6.08 Å². The minimum Gasteiger partial charge on any atom is -0.393 e. The second-order valence-corrected chi connectivity index (χ2v) is 10.9. The third kappa shape index (κ3) is 2.67. The van der Waals surface area contributed by atoms with Gasteiger partial charge in [-0.15, -0.1) is 0 Å². The summed E-state index contributed by atoms with van der Waals surface area (Å²) < 4.78 is 1.83. The molecule has 0 spiro atoms. The van der Waals surface area contributed by atoms with Gasteiger partial charge in [0.15, 0.2) is 0 Å². The van der Waals surface area contributed by atoms with E-state index < -0.39 is 0 Å². The maximum absolute atomic E-state index is 11.3. The normalized spacial score (nSPS) is 49.5. The number of rotatable bonds is 1. The molecule has 8 atom stereocenters. The van der Waals surface area contributed by atoms with Crippen molar-refractivity contribution >= 4 is 6.08 Å². The largest absolute Gasteiger partial charge is 0.393 e. The topological polar surface area (TPSA) is 58.3 Å². The van der Waals surface area contributed by atoms with E-state index in [1.165, 1.54) is 31.3 Å². The number of aliphatic hydroxyl groups excluding tert-OH is 2. The lowest BCUT2D eigenvalue weighted by atomic mass is 9.45. The van der Waals surface area contributed by atoms with Crippen LogP contribution in [0.2, 0.25) is 0 Å². The molecule has 4 saturated carbocycles. The summed E-state index contributed by atoms with van der Waals surface area (Å²) in [5.41, 5.74) is 2.73. The fraction of sp³-hybridized carbons (Fsp3) is 0.792. The van der Waals surface area contributed by atoms with Crippen molar-refractivity contribution in [2.75, 3.05) is 0 Å². The van der Waals surface area contributed by atoms with Gasteiger partial charge in [-0.2, -0.15) is 5.10 Å². The lowest BCUT2D eigenvalue weighted by Gasteiger charge is -2.60. The SMILES string of the molecule is Cn1cc(/C=C2\C[C@H]3[C@@H]4CC[C@H]5C[C@@H](O)CC[C@]5(C)[C@H]4CC[C@]3(C)[C@H]2O)cn1. The van der Waals surface area contributed by atoms with Crippen LogP contribution in [0.3, 0.4) is 0 Å². The van der Waals surface area contributed by atoms with Crippen LogP contribution in [-0.4, -0.2) is 32.2 Å². The van der Waals surface area contributed by atoms with Crippen LogP contribution in [0.4, 0.5) is 0 Å². The van der Waals surface area contributed by atoms with Gasteiger partial charge in [-0.25, -0.2) is 0 Å². The van der Waals surface area contributed by atoms with Crippen molar-refractivity contribution in [2.24, 2.45) is 41.5 Å². The molecule has 0 aliphatic heterocycles. The molecule has 1 aromatic heterocycles. The van der Waals surface area contributed by atoms with E-state index in [9.17, 15) is 10.2 Å². The summed E-state index contributed by atoms with van der Waals surface area (Å²) in [6.45, 7) is 4.88. The van der Waals surface area contributed by atoms with E-state index in [0.717, 1.165) is 43.1 Å². The van der Waals surface area contributed by atoms with Crippen molar-refractivity contribution in [2.45, 2.75) is 77.4 Å². The number of aromatic nitrogens is 2. The highest BCUT2D eigenvalue weighted by Crippen LogP contribution is 2.67. The zero-order valence-electron chi connectivity index (χ0n) is 17.6. The van der Waals surface area contributed by atoms with Crippen molar-refractivity contribution in [3.05, 3.63) is 23.5 Å². The molecule has 0 saturated heterocycles. The first kappa shape index (κ1) is 18.9. The van der Waals surface area contributed by atoms with Gasteiger partial charge in [-0.3, -0.25) is 4.68 Å². The molecule has 154 valence electrons. The van der Waals surface area contributed by atoms with E-state index in [4.69, 9.17) is 0 Å². The fourth-order valence-corrected chi connectivity index (χ4v) is 7.96. The molecule has 0 bridgehead atoms. The number of aliphatic hydroxyl groups is 2. The van der Waals surface area contributed by atoms with Gasteiger partial charge in [-0.05, 0) is 86.0 Å². The van der Waals surface area contributed by atoms with E-state index >= 15 is 0 Å². The Hall–Kier alpha value is -1.13. The van der Waals surface area contributed by atoms with Crippen LogP contribution >= 0.6 is 0 Å². The predicted molar refractivity (Wildman–Crippen MR) is 110 cm³/mol. The van der Waals surface area contributed by atoms with E-state index in [-0.39, 0.29) is 17.6 Å². The molecule has 0 amide bonds. The first-order chi connectivity index (χ1) is 13.3. The third-order valence-corrected chi connectivity index (χ3v) is 9.58. The average Bonchev–Trinajstić information content (AvgIpc) is 3.18. The van der Waals surface area contributed by atoms with Crippen LogP contribution in [0.15, 0.2) is 18.0 Å². The maximum atomic E-state index is 11.3. The summed E-state index contributed by atoms with van der Waals surface area (Å²) in [5, 5.41) is 25.8. The highest BCUT2D eigenvalue weighted by molar-refractivity contribution is 5.54. The molecule has 4 aliphatic rings. The van der Waals surface area contributed by atoms with Crippen molar-refractivity contribution in [3.8, 4) is 0 Å². The molecular formula is C24H36N2O2. The summed E-state index contributed by atoms with van der Waals surface area (Å²) >= 11 is 0. The summed E-state index contributed by atoms with van der Waals surface area (Å²) in [7, 11) is 1.94. The maximum Gasteiger partial charge on any atom is 0.0809 e. The average molecular weight is 385 g/mol. The van der Waals surface area contributed by atoms with Gasteiger partial charge in [0, 0.05) is 24.2 Å². The zero-order valence-corrected chi connectivity index (χ0v) is 17.6. The Bertz CT molecular complexity index is 785. The monoisotopic (exact) mass is 384 g/mol. The Labute approximate surface area is 169 Å². The molecule has 5 rings (SSSR count). The van der Waals surface area contributed by atoms with E-state index in [1.807, 2.05) is 24.1 Å². The minimum atomic E-state index is -0.322. The quantitative estimate of drug-likeness (QED) is 0.764. The molecule has 1 heterocycles. The van der Waals surface area contributed by atoms with Gasteiger partial charge in [0.25, 0.3) is 0 Å². The number of nitrogens with zero attached hydrogens (tertiary/aromatic N) is 2. The lowest BCUT2D eigenvalue weighted by Crippen LogP contribution is -2.54. The number of aryl methyl sites for hydroxylation is 1. The summed E-state index contributed by atoms with van der Waals surface area (Å²) in [4.78, 5) is 0. The second-order valence-electron chi connectivity index (χ2n) is 10.9. The molecule has 0 aromatic carbocycles. The van der Waals surface area contributed by atoms with Crippen LogP contribution < -0.4 is 0 Å². The molecule has 4 fully saturated rings. The van der Waals surface area contributed by atoms with Crippen LogP contribution in [-0.2, 0) is 7.05 Å². The summed E-state index contributed by atoms with van der Waals surface area (Å²) in [5.74, 6) is 2.78. The number of fused-ring (bicyclic) bond motifs is 5. The standard InChI is InChI=1S/C24H36N2O2/c1-23-8-6-18(27)12-17(23)4-5-19-20(23)7-9-24(2)21(19)11-16(22(24)28)10-15-13-25-26(3)14-15/h10,13-14,17-22,27-28H,4-9,11-12H2,1-3H3/b16-10+/t17-,18-,19+,20-,21-,22-,23-,24-/m0/s1. The second kappa shape index (κ2) is 6.43. The molecule has 0 unspecified atom stereocenters. The Morgan fingerprint density at radius 2 is 1.86 bits per heavy atom. The third-order valence-electron chi connectivity index (χ3n) is 9.58. The molecule has 0 radical (unpaired) electrons. The van der Waals surface area contributed by atoms with Gasteiger partial charge >= 0.3 is 0 Å². The summed E-state index contributed by atoms with van der Waals surface area (Å²) in [6, 6.07) is 0. The molecule has 1 aromatic rings. The zero-order chi connectivity index (χ0) is 19.7. The molecule has 28 heavy (non-hydrogen) atoms. The molecule has 4 nitrogen and oxygen atoms in total. The summed E-state index contributed by atoms with van der Waals surface area (Å²) in [6.07, 6.45) is 14.9. The highest BCUT2D eigenvalue weighted by atomic mass is 16.3. The van der Waals surface area contributed by atoms with Crippen LogP contribution in [0, 0.1) is 34.5 Å². The Balaban J connectivity index is 1.44. The Kier molecular flexibility index (Phi) is 4.34.